The van der Waals surface area contributed by atoms with Gasteiger partial charge in [-0.15, -0.1) is 0 Å². The minimum absolute atomic E-state index is 0.987. The molecule has 6 aromatic carbocycles. The second-order valence-electron chi connectivity index (χ2n) is 9.98. The van der Waals surface area contributed by atoms with Crippen LogP contribution in [0.15, 0.2) is 146 Å². The van der Waals surface area contributed by atoms with E-state index < -0.39 is 0 Å². The van der Waals surface area contributed by atoms with Gasteiger partial charge in [0.2, 0.25) is 0 Å². The molecule has 8 rings (SSSR count). The quantitative estimate of drug-likeness (QED) is 0.223. The summed E-state index contributed by atoms with van der Waals surface area (Å²) in [6.07, 6.45) is 1.84. The third-order valence-corrected chi connectivity index (χ3v) is 7.84. The lowest BCUT2D eigenvalue weighted by molar-refractivity contribution is 1.21. The lowest BCUT2D eigenvalue weighted by Gasteiger charge is -2.19. The fraction of sp³-hybridized carbons (Fsp3) is 0. The highest BCUT2D eigenvalue weighted by Gasteiger charge is 2.20. The lowest BCUT2D eigenvalue weighted by atomic mass is 9.90. The normalized spacial score (nSPS) is 11.6. The van der Waals surface area contributed by atoms with Gasteiger partial charge in [0, 0.05) is 33.3 Å². The van der Waals surface area contributed by atoms with Crippen molar-refractivity contribution in [1.82, 2.24) is 9.55 Å². The molecule has 0 amide bonds. The van der Waals surface area contributed by atoms with Crippen LogP contribution in [0.4, 0.5) is 0 Å². The molecule has 8 aromatic rings. The average Bonchev–Trinajstić information content (AvgIpc) is 3.34. The van der Waals surface area contributed by atoms with Gasteiger partial charge in [-0.25, -0.2) is 0 Å². The van der Waals surface area contributed by atoms with Crippen LogP contribution in [0, 0.1) is 0 Å². The van der Waals surface area contributed by atoms with Gasteiger partial charge in [-0.1, -0.05) is 115 Å². The lowest BCUT2D eigenvalue weighted by Crippen LogP contribution is -1.99. The SMILES string of the molecule is c1ccc(-c2ccc(-c3c4ccccc4c(-n4c5ccccc5c5ccccc54)c4ccccc34)cc2)nc1. The summed E-state index contributed by atoms with van der Waals surface area (Å²) in [6.45, 7) is 0. The van der Waals surface area contributed by atoms with Crippen molar-refractivity contribution in [2.24, 2.45) is 0 Å². The maximum absolute atomic E-state index is 4.54. The van der Waals surface area contributed by atoms with Gasteiger partial charge in [-0.3, -0.25) is 4.98 Å². The Morgan fingerprint density at radius 3 is 1.38 bits per heavy atom. The zero-order valence-corrected chi connectivity index (χ0v) is 21.3. The molecule has 39 heavy (non-hydrogen) atoms. The molecular formula is C37H24N2. The van der Waals surface area contributed by atoms with Crippen LogP contribution in [0.1, 0.15) is 0 Å². The second-order valence-corrected chi connectivity index (χ2v) is 9.98. The number of para-hydroxylation sites is 2. The predicted octanol–water partition coefficient (Wildman–Crippen LogP) is 9.82. The van der Waals surface area contributed by atoms with Gasteiger partial charge in [0.15, 0.2) is 0 Å². The molecule has 0 spiro atoms. The van der Waals surface area contributed by atoms with Crippen molar-refractivity contribution in [3.63, 3.8) is 0 Å². The van der Waals surface area contributed by atoms with E-state index >= 15 is 0 Å². The zero-order valence-electron chi connectivity index (χ0n) is 21.3. The van der Waals surface area contributed by atoms with Gasteiger partial charge in [0.1, 0.15) is 0 Å². The van der Waals surface area contributed by atoms with Crippen LogP contribution in [-0.4, -0.2) is 9.55 Å². The molecule has 0 aliphatic rings. The minimum atomic E-state index is 0.987. The third kappa shape index (κ3) is 3.32. The molecule has 2 heteroatoms. The first-order valence-electron chi connectivity index (χ1n) is 13.3. The van der Waals surface area contributed by atoms with Gasteiger partial charge in [-0.2, -0.15) is 0 Å². The van der Waals surface area contributed by atoms with E-state index in [-0.39, 0.29) is 0 Å². The Hall–Kier alpha value is -5.21. The fourth-order valence-electron chi connectivity index (χ4n) is 6.16. The molecule has 0 aliphatic heterocycles. The molecule has 0 unspecified atom stereocenters. The van der Waals surface area contributed by atoms with Crippen molar-refractivity contribution in [3.8, 4) is 28.1 Å². The largest absolute Gasteiger partial charge is 0.308 e. The molecule has 0 saturated heterocycles. The average molecular weight is 497 g/mol. The van der Waals surface area contributed by atoms with E-state index in [4.69, 9.17) is 0 Å². The molecule has 0 saturated carbocycles. The van der Waals surface area contributed by atoms with Gasteiger partial charge in [-0.05, 0) is 46.2 Å². The first-order valence-corrected chi connectivity index (χ1v) is 13.3. The Bertz CT molecular complexity index is 2040. The van der Waals surface area contributed by atoms with Crippen LogP contribution in [-0.2, 0) is 0 Å². The van der Waals surface area contributed by atoms with E-state index in [2.05, 4.69) is 137 Å². The number of hydrogen-bond donors (Lipinski definition) is 0. The summed E-state index contributed by atoms with van der Waals surface area (Å²) in [7, 11) is 0. The number of nitrogens with zero attached hydrogens (tertiary/aromatic N) is 2. The summed E-state index contributed by atoms with van der Waals surface area (Å²) in [6, 6.07) is 50.0. The Morgan fingerprint density at radius 1 is 0.385 bits per heavy atom. The molecule has 2 aromatic heterocycles. The minimum Gasteiger partial charge on any atom is -0.308 e. The molecule has 0 fully saturated rings. The van der Waals surface area contributed by atoms with E-state index in [1.165, 1.54) is 60.2 Å². The van der Waals surface area contributed by atoms with Crippen LogP contribution in [0.5, 0.6) is 0 Å². The molecule has 0 bridgehead atoms. The van der Waals surface area contributed by atoms with Crippen LogP contribution >= 0.6 is 0 Å². The van der Waals surface area contributed by atoms with Gasteiger partial charge in [0.05, 0.1) is 22.4 Å². The topological polar surface area (TPSA) is 17.8 Å². The van der Waals surface area contributed by atoms with Crippen molar-refractivity contribution >= 4 is 43.4 Å². The Labute approximate surface area is 226 Å². The summed E-state index contributed by atoms with van der Waals surface area (Å²) in [5.41, 5.74) is 8.25. The van der Waals surface area contributed by atoms with E-state index in [0.717, 1.165) is 11.3 Å². The number of rotatable bonds is 3. The van der Waals surface area contributed by atoms with Crippen molar-refractivity contribution < 1.29 is 0 Å². The summed E-state index contributed by atoms with van der Waals surface area (Å²) >= 11 is 0. The van der Waals surface area contributed by atoms with Gasteiger partial charge in [0.25, 0.3) is 0 Å². The summed E-state index contributed by atoms with van der Waals surface area (Å²) in [5, 5.41) is 7.53. The highest BCUT2D eigenvalue weighted by atomic mass is 15.0. The number of hydrogen-bond acceptors (Lipinski definition) is 1. The monoisotopic (exact) mass is 496 g/mol. The molecule has 0 atom stereocenters. The van der Waals surface area contributed by atoms with Crippen molar-refractivity contribution in [2.75, 3.05) is 0 Å². The maximum atomic E-state index is 4.54. The van der Waals surface area contributed by atoms with Crippen molar-refractivity contribution in [2.45, 2.75) is 0 Å². The first kappa shape index (κ1) is 21.8. The summed E-state index contributed by atoms with van der Waals surface area (Å²) in [5.74, 6) is 0. The number of pyridine rings is 1. The Kier molecular flexibility index (Phi) is 4.86. The molecule has 182 valence electrons. The summed E-state index contributed by atoms with van der Waals surface area (Å²) < 4.78 is 2.46. The van der Waals surface area contributed by atoms with Crippen LogP contribution in [0.25, 0.3) is 71.4 Å². The van der Waals surface area contributed by atoms with E-state index in [1.807, 2.05) is 18.3 Å². The molecule has 2 nitrogen and oxygen atoms in total. The van der Waals surface area contributed by atoms with Crippen molar-refractivity contribution in [3.05, 3.63) is 146 Å². The summed E-state index contributed by atoms with van der Waals surface area (Å²) in [4.78, 5) is 4.54. The highest BCUT2D eigenvalue weighted by molar-refractivity contribution is 6.20. The maximum Gasteiger partial charge on any atom is 0.0701 e. The van der Waals surface area contributed by atoms with Gasteiger partial charge < -0.3 is 4.57 Å². The Balaban J connectivity index is 1.48. The van der Waals surface area contributed by atoms with E-state index in [0.29, 0.717) is 0 Å². The zero-order chi connectivity index (χ0) is 25.8. The van der Waals surface area contributed by atoms with Crippen LogP contribution in [0.3, 0.4) is 0 Å². The fourth-order valence-corrected chi connectivity index (χ4v) is 6.16. The highest BCUT2D eigenvalue weighted by Crippen LogP contribution is 2.44. The van der Waals surface area contributed by atoms with Crippen LogP contribution in [0.2, 0.25) is 0 Å². The molecular weight excluding hydrogens is 472 g/mol. The number of aromatic nitrogens is 2. The van der Waals surface area contributed by atoms with E-state index in [9.17, 15) is 0 Å². The molecule has 0 N–H and O–H groups in total. The smallest absolute Gasteiger partial charge is 0.0701 e. The first-order chi connectivity index (χ1) is 19.4. The van der Waals surface area contributed by atoms with Crippen molar-refractivity contribution in [1.29, 1.82) is 0 Å². The standard InChI is InChI=1S/C37H24N2/c1-3-15-31-29(13-1)36(26-22-20-25(21-23-26)33-17-9-10-24-38-33)30-14-2-4-16-32(30)37(31)39-34-18-7-5-11-27(34)28-12-6-8-19-35(28)39/h1-24H. The Morgan fingerprint density at radius 2 is 0.846 bits per heavy atom. The molecule has 0 radical (unpaired) electrons. The van der Waals surface area contributed by atoms with Crippen LogP contribution < -0.4 is 0 Å². The number of benzene rings is 6. The van der Waals surface area contributed by atoms with Gasteiger partial charge >= 0.3 is 0 Å². The number of fused-ring (bicyclic) bond motifs is 5. The molecule has 0 aliphatic carbocycles. The molecule has 2 heterocycles. The second kappa shape index (κ2) is 8.68. The third-order valence-electron chi connectivity index (χ3n) is 7.84. The predicted molar refractivity (Wildman–Crippen MR) is 164 cm³/mol. The van der Waals surface area contributed by atoms with E-state index in [1.54, 1.807) is 0 Å².